The zero-order valence-corrected chi connectivity index (χ0v) is 12.5. The molecule has 22 heavy (non-hydrogen) atoms. The summed E-state index contributed by atoms with van der Waals surface area (Å²) in [5.41, 5.74) is 4.20. The number of anilines is 1. The molecule has 1 aromatic heterocycles. The third-order valence-electron chi connectivity index (χ3n) is 3.44. The third-order valence-corrected chi connectivity index (χ3v) is 3.44. The molecule has 1 unspecified atom stereocenters. The Hall–Kier alpha value is -2.88. The Morgan fingerprint density at radius 3 is 2.77 bits per heavy atom. The van der Waals surface area contributed by atoms with Crippen LogP contribution in [0.2, 0.25) is 0 Å². The van der Waals surface area contributed by atoms with Crippen LogP contribution < -0.4 is 10.6 Å². The first kappa shape index (κ1) is 14.1. The van der Waals surface area contributed by atoms with E-state index in [1.165, 1.54) is 0 Å². The second-order valence-electron chi connectivity index (χ2n) is 5.06. The van der Waals surface area contributed by atoms with Gasteiger partial charge in [0.25, 0.3) is 0 Å². The van der Waals surface area contributed by atoms with Gasteiger partial charge in [0.2, 0.25) is 0 Å². The fraction of sp³-hybridized carbons (Fsp3) is 0.111. The second-order valence-corrected chi connectivity index (χ2v) is 5.06. The quantitative estimate of drug-likeness (QED) is 0.849. The summed E-state index contributed by atoms with van der Waals surface area (Å²) in [6.07, 6.45) is 7.12. The molecule has 1 atom stereocenters. The van der Waals surface area contributed by atoms with Gasteiger partial charge in [0.15, 0.2) is 0 Å². The number of nitrogens with one attached hydrogen (secondary N) is 2. The van der Waals surface area contributed by atoms with Crippen LogP contribution in [-0.4, -0.2) is 10.8 Å². The minimum Gasteiger partial charge on any atom is -0.359 e. The van der Waals surface area contributed by atoms with Crippen LogP contribution in [-0.2, 0) is 0 Å². The van der Waals surface area contributed by atoms with E-state index in [-0.39, 0.29) is 6.17 Å². The number of rotatable bonds is 3. The first-order valence-corrected chi connectivity index (χ1v) is 7.18. The van der Waals surface area contributed by atoms with Gasteiger partial charge in [-0.3, -0.25) is 4.98 Å². The van der Waals surface area contributed by atoms with Crippen molar-refractivity contribution >= 4 is 11.5 Å². The zero-order valence-electron chi connectivity index (χ0n) is 12.5. The molecule has 0 spiro atoms. The highest BCUT2D eigenvalue weighted by molar-refractivity contribution is 6.05. The van der Waals surface area contributed by atoms with Crippen molar-refractivity contribution in [1.29, 1.82) is 0 Å². The topological polar surface area (TPSA) is 49.3 Å². The Bertz CT molecular complexity index is 732. The minimum atomic E-state index is -0.128. The Balaban J connectivity index is 2.00. The number of hydrogen-bond acceptors (Lipinski definition) is 4. The van der Waals surface area contributed by atoms with E-state index >= 15 is 0 Å². The highest BCUT2D eigenvalue weighted by Gasteiger charge is 2.21. The third kappa shape index (κ3) is 2.91. The molecular formula is C18H18N4. The minimum absolute atomic E-state index is 0.128. The highest BCUT2D eigenvalue weighted by Crippen LogP contribution is 2.28. The summed E-state index contributed by atoms with van der Waals surface area (Å²) in [6, 6.07) is 12.1. The molecule has 2 aromatic rings. The number of nitrogens with zero attached hydrogens (tertiary/aromatic N) is 2. The molecule has 4 heteroatoms. The van der Waals surface area contributed by atoms with Gasteiger partial charge >= 0.3 is 0 Å². The number of aliphatic imine (C=N–C) groups is 1. The van der Waals surface area contributed by atoms with Crippen LogP contribution in [0.3, 0.4) is 0 Å². The van der Waals surface area contributed by atoms with Gasteiger partial charge in [-0.2, -0.15) is 0 Å². The number of hydrogen-bond donors (Lipinski definition) is 2. The van der Waals surface area contributed by atoms with Crippen molar-refractivity contribution in [3.05, 3.63) is 84.3 Å². The van der Waals surface area contributed by atoms with Gasteiger partial charge in [0.1, 0.15) is 12.0 Å². The number of pyridine rings is 1. The standard InChI is InChI=1S/C18H18N4/c1-3-6-13(2)20-18-15-7-4-5-8-16(15)21-17(22-18)14-9-11-19-12-10-14/h3-12,17,21H,1H2,2H3,(H,20,22)/b13-6+. The van der Waals surface area contributed by atoms with Gasteiger partial charge in [-0.15, -0.1) is 0 Å². The van der Waals surface area contributed by atoms with Crippen LogP contribution in [0.1, 0.15) is 24.2 Å². The zero-order chi connectivity index (χ0) is 15.4. The van der Waals surface area contributed by atoms with Gasteiger partial charge < -0.3 is 10.6 Å². The van der Waals surface area contributed by atoms with Crippen LogP contribution in [0.15, 0.2) is 78.2 Å². The number of para-hydroxylation sites is 1. The van der Waals surface area contributed by atoms with E-state index in [4.69, 9.17) is 4.99 Å². The molecule has 4 nitrogen and oxygen atoms in total. The summed E-state index contributed by atoms with van der Waals surface area (Å²) in [6.45, 7) is 5.72. The summed E-state index contributed by atoms with van der Waals surface area (Å²) >= 11 is 0. The fourth-order valence-electron chi connectivity index (χ4n) is 2.40. The smallest absolute Gasteiger partial charge is 0.147 e. The Morgan fingerprint density at radius 1 is 1.23 bits per heavy atom. The van der Waals surface area contributed by atoms with Crippen molar-refractivity contribution in [1.82, 2.24) is 10.3 Å². The van der Waals surface area contributed by atoms with E-state index in [1.807, 2.05) is 37.3 Å². The van der Waals surface area contributed by atoms with Gasteiger partial charge in [0, 0.05) is 29.3 Å². The molecule has 3 rings (SSSR count). The molecule has 0 aliphatic carbocycles. The first-order valence-electron chi connectivity index (χ1n) is 7.18. The molecule has 1 aliphatic heterocycles. The maximum Gasteiger partial charge on any atom is 0.147 e. The van der Waals surface area contributed by atoms with E-state index in [9.17, 15) is 0 Å². The highest BCUT2D eigenvalue weighted by atomic mass is 15.2. The summed E-state index contributed by atoms with van der Waals surface area (Å²) in [5.74, 6) is 0.853. The molecule has 0 radical (unpaired) electrons. The predicted molar refractivity (Wildman–Crippen MR) is 90.7 cm³/mol. The molecule has 0 saturated heterocycles. The molecule has 1 aromatic carbocycles. The average molecular weight is 290 g/mol. The first-order chi connectivity index (χ1) is 10.8. The van der Waals surface area contributed by atoms with Gasteiger partial charge in [-0.1, -0.05) is 24.8 Å². The SMILES string of the molecule is C=C/C=C(\C)NC1=NC(c2ccncc2)Nc2ccccc21. The molecule has 0 amide bonds. The van der Waals surface area contributed by atoms with Crippen LogP contribution >= 0.6 is 0 Å². The monoisotopic (exact) mass is 290 g/mol. The van der Waals surface area contributed by atoms with Crippen molar-refractivity contribution < 1.29 is 0 Å². The number of aromatic nitrogens is 1. The summed E-state index contributed by atoms with van der Waals surface area (Å²) in [5, 5.41) is 6.81. The molecule has 2 N–H and O–H groups in total. The maximum atomic E-state index is 4.81. The van der Waals surface area contributed by atoms with Crippen LogP contribution in [0.5, 0.6) is 0 Å². The lowest BCUT2D eigenvalue weighted by atomic mass is 10.1. The summed E-state index contributed by atoms with van der Waals surface area (Å²) < 4.78 is 0. The molecular weight excluding hydrogens is 272 g/mol. The van der Waals surface area contributed by atoms with E-state index in [1.54, 1.807) is 18.5 Å². The van der Waals surface area contributed by atoms with Crippen molar-refractivity contribution in [3.63, 3.8) is 0 Å². The van der Waals surface area contributed by atoms with E-state index < -0.39 is 0 Å². The number of allylic oxidation sites excluding steroid dienone is 3. The lowest BCUT2D eigenvalue weighted by molar-refractivity contribution is 0.813. The Labute approximate surface area is 130 Å². The van der Waals surface area contributed by atoms with E-state index in [0.717, 1.165) is 28.3 Å². The fourth-order valence-corrected chi connectivity index (χ4v) is 2.40. The normalized spacial score (nSPS) is 17.0. The Kier molecular flexibility index (Phi) is 4.01. The van der Waals surface area contributed by atoms with Crippen LogP contribution in [0.25, 0.3) is 0 Å². The van der Waals surface area contributed by atoms with Gasteiger partial charge in [-0.25, -0.2) is 4.99 Å². The van der Waals surface area contributed by atoms with Gasteiger partial charge in [-0.05, 0) is 42.8 Å². The number of fused-ring (bicyclic) bond motifs is 1. The van der Waals surface area contributed by atoms with Crippen molar-refractivity contribution in [2.24, 2.45) is 4.99 Å². The Morgan fingerprint density at radius 2 is 2.00 bits per heavy atom. The lowest BCUT2D eigenvalue weighted by Gasteiger charge is -2.26. The van der Waals surface area contributed by atoms with Crippen LogP contribution in [0.4, 0.5) is 5.69 Å². The van der Waals surface area contributed by atoms with Gasteiger partial charge in [0.05, 0.1) is 0 Å². The van der Waals surface area contributed by atoms with E-state index in [0.29, 0.717) is 0 Å². The molecule has 0 bridgehead atoms. The average Bonchev–Trinajstić information content (AvgIpc) is 2.56. The maximum absolute atomic E-state index is 4.81. The molecule has 1 aliphatic rings. The van der Waals surface area contributed by atoms with Crippen LogP contribution in [0, 0.1) is 0 Å². The summed E-state index contributed by atoms with van der Waals surface area (Å²) in [7, 11) is 0. The number of amidine groups is 1. The van der Waals surface area contributed by atoms with Crippen molar-refractivity contribution in [3.8, 4) is 0 Å². The van der Waals surface area contributed by atoms with Crippen molar-refractivity contribution in [2.45, 2.75) is 13.1 Å². The number of benzene rings is 1. The predicted octanol–water partition coefficient (Wildman–Crippen LogP) is 3.63. The molecule has 0 saturated carbocycles. The molecule has 2 heterocycles. The second kappa shape index (κ2) is 6.26. The molecule has 0 fully saturated rings. The summed E-state index contributed by atoms with van der Waals surface area (Å²) in [4.78, 5) is 8.87. The van der Waals surface area contributed by atoms with E-state index in [2.05, 4.69) is 34.3 Å². The molecule has 110 valence electrons. The van der Waals surface area contributed by atoms with Crippen molar-refractivity contribution in [2.75, 3.05) is 5.32 Å². The lowest BCUT2D eigenvalue weighted by Crippen LogP contribution is -2.29. The largest absolute Gasteiger partial charge is 0.359 e.